The number of hydrogen-bond donors (Lipinski definition) is 2. The first-order valence-corrected chi connectivity index (χ1v) is 32.8. The summed E-state index contributed by atoms with van der Waals surface area (Å²) in [5, 5.41) is 23.3. The van der Waals surface area contributed by atoms with Gasteiger partial charge in [0.1, 0.15) is 11.6 Å². The Morgan fingerprint density at radius 2 is 1.01 bits per heavy atom. The number of halogens is 3. The van der Waals surface area contributed by atoms with E-state index in [1.807, 2.05) is 75.0 Å². The van der Waals surface area contributed by atoms with Crippen LogP contribution in [0.3, 0.4) is 0 Å². The zero-order valence-corrected chi connectivity index (χ0v) is 54.2. The fourth-order valence-corrected chi connectivity index (χ4v) is 13.5. The molecule has 26 heteroatoms. The zero-order valence-electron chi connectivity index (χ0n) is 53.5. The summed E-state index contributed by atoms with van der Waals surface area (Å²) in [6.07, 6.45) is 21.4. The van der Waals surface area contributed by atoms with Gasteiger partial charge in [-0.2, -0.15) is 20.4 Å². The molecule has 4 atom stereocenters. The number of aryl methyl sites for hydroxylation is 2. The molecule has 10 aromatic rings. The van der Waals surface area contributed by atoms with Crippen molar-refractivity contribution in [3.63, 3.8) is 0 Å². The molecule has 9 fully saturated rings. The molecule has 0 amide bonds. The van der Waals surface area contributed by atoms with Crippen molar-refractivity contribution in [3.05, 3.63) is 196 Å². The Morgan fingerprint density at radius 1 is 0.543 bits per heavy atom. The van der Waals surface area contributed by atoms with Crippen molar-refractivity contribution in [2.75, 3.05) is 36.0 Å². The molecule has 0 spiro atoms. The number of nitrogens with zero attached hydrogens (tertiary/aromatic N) is 18. The van der Waals surface area contributed by atoms with Gasteiger partial charge in [-0.3, -0.25) is 20.0 Å². The molecular formula is C68H74BClF2N20O2. The second kappa shape index (κ2) is 25.2. The van der Waals surface area contributed by atoms with Crippen LogP contribution in [0.4, 0.5) is 20.4 Å². The molecule has 19 rings (SSSR count). The van der Waals surface area contributed by atoms with Crippen molar-refractivity contribution in [2.45, 2.75) is 153 Å². The minimum Gasteiger partial charge on any atom is -0.399 e. The molecule has 4 bridgehead atoms. The molecule has 0 radical (unpaired) electrons. The van der Waals surface area contributed by atoms with Crippen LogP contribution in [0.2, 0.25) is 5.28 Å². The topological polar surface area (TPSA) is 228 Å². The number of piperidine rings is 2. The van der Waals surface area contributed by atoms with E-state index in [0.29, 0.717) is 65.2 Å². The summed E-state index contributed by atoms with van der Waals surface area (Å²) in [6, 6.07) is 26.4. The minimum absolute atomic E-state index is 0.307. The number of pyridine rings is 4. The normalized spacial score (nSPS) is 21.1. The molecule has 22 nitrogen and oxygen atoms in total. The first-order valence-electron chi connectivity index (χ1n) is 32.5. The van der Waals surface area contributed by atoms with E-state index < -0.39 is 0 Å². The lowest BCUT2D eigenvalue weighted by Gasteiger charge is -2.56. The van der Waals surface area contributed by atoms with E-state index in [9.17, 15) is 8.78 Å². The van der Waals surface area contributed by atoms with Crippen LogP contribution in [-0.4, -0.2) is 158 Å². The lowest BCUT2D eigenvalue weighted by atomic mass is 9.80. The molecule has 9 aliphatic rings. The van der Waals surface area contributed by atoms with Crippen LogP contribution < -0.4 is 15.3 Å². The number of nitrogens with one attached hydrogen (secondary N) is 2. The fraction of sp³-hybridized carbons (Fsp3) is 0.412. The third kappa shape index (κ3) is 13.5. The van der Waals surface area contributed by atoms with Gasteiger partial charge in [-0.15, -0.1) is 0 Å². The van der Waals surface area contributed by atoms with Crippen molar-refractivity contribution >= 4 is 35.8 Å². The van der Waals surface area contributed by atoms with Crippen molar-refractivity contribution < 1.29 is 18.1 Å². The molecule has 4 unspecified atom stereocenters. The Kier molecular flexibility index (Phi) is 16.5. The van der Waals surface area contributed by atoms with Crippen LogP contribution in [0, 0.1) is 25.5 Å². The van der Waals surface area contributed by atoms with Gasteiger partial charge in [0.15, 0.2) is 29.1 Å². The molecule has 94 heavy (non-hydrogen) atoms. The molecule has 0 aromatic carbocycles. The van der Waals surface area contributed by atoms with Gasteiger partial charge >= 0.3 is 7.12 Å². The van der Waals surface area contributed by atoms with Crippen LogP contribution in [-0.2, 0) is 35.2 Å². The van der Waals surface area contributed by atoms with Gasteiger partial charge in [0.2, 0.25) is 5.28 Å². The Bertz CT molecular complexity index is 4250. The number of piperazine rings is 2. The van der Waals surface area contributed by atoms with Gasteiger partial charge in [-0.1, -0.05) is 18.2 Å². The van der Waals surface area contributed by atoms with Gasteiger partial charge in [0, 0.05) is 147 Å². The zero-order chi connectivity index (χ0) is 64.4. The predicted octanol–water partition coefficient (Wildman–Crippen LogP) is 9.41. The van der Waals surface area contributed by atoms with Gasteiger partial charge in [0.25, 0.3) is 0 Å². The first-order chi connectivity index (χ1) is 45.4. The molecule has 2 saturated carbocycles. The van der Waals surface area contributed by atoms with Crippen molar-refractivity contribution in [1.82, 2.24) is 89.6 Å². The number of rotatable bonds is 16. The predicted molar refractivity (Wildman–Crippen MR) is 351 cm³/mol. The SMILES string of the molecule is CC1(C)OB(c2ccc(N3CC4CC(C3)N4Cc3ccc(-n4cc(F)cn4)nc3)nc2)OC1(C)C.Cc1cc(Cc2cc(C3CC3)n[nH]2)nc(-c2ccc(N3CC4CC(C3)N4Cc3ccc(-n4cc(F)cn4)nc3)nc2)n1.Cc1cc(Cc2cc(C3CC3)n[nH]2)nc(Cl)n1. The van der Waals surface area contributed by atoms with Gasteiger partial charge in [-0.05, 0) is 157 Å². The summed E-state index contributed by atoms with van der Waals surface area (Å²) < 4.78 is 41.7. The lowest BCUT2D eigenvalue weighted by molar-refractivity contribution is -0.00877. The molecule has 10 aromatic heterocycles. The molecule has 482 valence electrons. The number of aromatic nitrogens is 16. The maximum absolute atomic E-state index is 13.3. The van der Waals surface area contributed by atoms with E-state index >= 15 is 0 Å². The van der Waals surface area contributed by atoms with Crippen molar-refractivity contribution in [2.24, 2.45) is 0 Å². The summed E-state index contributed by atoms with van der Waals surface area (Å²) in [7, 11) is -0.390. The highest BCUT2D eigenvalue weighted by Crippen LogP contribution is 2.42. The highest BCUT2D eigenvalue weighted by molar-refractivity contribution is 6.62. The molecule has 2 aliphatic carbocycles. The Hall–Kier alpha value is -8.75. The van der Waals surface area contributed by atoms with E-state index in [1.54, 1.807) is 0 Å². The van der Waals surface area contributed by atoms with Crippen LogP contribution in [0.1, 0.15) is 135 Å². The average Bonchev–Trinajstić information content (AvgIpc) is 1.000. The second-order valence-electron chi connectivity index (χ2n) is 27.1. The van der Waals surface area contributed by atoms with Crippen molar-refractivity contribution in [1.29, 1.82) is 0 Å². The quantitative estimate of drug-likeness (QED) is 0.0678. The Labute approximate surface area is 549 Å². The van der Waals surface area contributed by atoms with Crippen LogP contribution in [0.25, 0.3) is 23.0 Å². The summed E-state index contributed by atoms with van der Waals surface area (Å²) >= 11 is 5.83. The second-order valence-corrected chi connectivity index (χ2v) is 27.4. The van der Waals surface area contributed by atoms with Gasteiger partial charge in [0.05, 0.1) is 58.8 Å². The largest absolute Gasteiger partial charge is 0.496 e. The van der Waals surface area contributed by atoms with E-state index in [0.717, 1.165) is 114 Å². The Morgan fingerprint density at radius 3 is 1.44 bits per heavy atom. The Balaban J connectivity index is 0.000000126. The fourth-order valence-electron chi connectivity index (χ4n) is 13.3. The van der Waals surface area contributed by atoms with E-state index in [4.69, 9.17) is 40.8 Å². The first kappa shape index (κ1) is 61.4. The third-order valence-electron chi connectivity index (χ3n) is 19.4. The highest BCUT2D eigenvalue weighted by atomic mass is 35.5. The summed E-state index contributed by atoms with van der Waals surface area (Å²) in [5.41, 5.74) is 11.7. The average molecular weight is 1290 g/mol. The molecule has 7 saturated heterocycles. The molecular weight excluding hydrogens is 1210 g/mol. The maximum atomic E-state index is 13.3. The number of fused-ring (bicyclic) bond motifs is 4. The van der Waals surface area contributed by atoms with Crippen LogP contribution in [0.15, 0.2) is 122 Å². The van der Waals surface area contributed by atoms with Crippen LogP contribution in [0.5, 0.6) is 0 Å². The molecule has 17 heterocycles. The van der Waals surface area contributed by atoms with Gasteiger partial charge < -0.3 is 19.1 Å². The minimum atomic E-state index is -0.390. The number of H-pyrrole nitrogens is 2. The summed E-state index contributed by atoms with van der Waals surface area (Å²) in [6.45, 7) is 17.7. The highest BCUT2D eigenvalue weighted by Gasteiger charge is 2.52. The van der Waals surface area contributed by atoms with E-state index in [1.165, 1.54) is 84.1 Å². The van der Waals surface area contributed by atoms with E-state index in [-0.39, 0.29) is 30.0 Å². The smallest absolute Gasteiger partial charge is 0.399 e. The lowest BCUT2D eigenvalue weighted by Crippen LogP contribution is -2.68. The van der Waals surface area contributed by atoms with Crippen LogP contribution >= 0.6 is 11.6 Å². The van der Waals surface area contributed by atoms with Gasteiger partial charge in [-0.25, -0.2) is 58.0 Å². The number of anilines is 2. The summed E-state index contributed by atoms with van der Waals surface area (Å²) in [5.74, 6) is 4.48. The standard InChI is InChI=1S/C31H31FN10.C25H30BFN6O2.C12H13ClN4/c1-19-8-24(9-25-10-28(39-38-25)21-3-4-21)37-31(36-19)22-5-7-29(34-13-22)40-17-26-11-27(18-40)41(26)15-20-2-6-30(33-12-20)42-16-23(32)14-35-42;1-24(2)25(3,4)35-26(34-24)18-6-8-22(29-11-18)31-15-20-9-21(16-31)32(20)13-17-5-7-23(28-10-17)33-14-19(27)12-30-33;1-7-4-9(15-12(13)14-7)5-10-6-11(17-16-10)8-2-3-8/h2,5-8,10,12-14,16,21,26-27H,3-4,9,11,15,17-18H2,1H3,(H,38,39);5-8,10-12,14,20-21H,9,13,15-16H2,1-4H3;4,6,8H,2-3,5H2,1H3,(H,16,17). The van der Waals surface area contributed by atoms with E-state index in [2.05, 4.69) is 134 Å². The van der Waals surface area contributed by atoms with Crippen molar-refractivity contribution in [3.8, 4) is 23.0 Å². The number of aromatic amines is 2. The summed E-state index contributed by atoms with van der Waals surface area (Å²) in [4.78, 5) is 46.2. The maximum Gasteiger partial charge on any atom is 0.496 e. The third-order valence-corrected chi connectivity index (χ3v) is 19.6. The monoisotopic (exact) mass is 1290 g/mol. The molecule has 7 aliphatic heterocycles. The number of hydrogen-bond acceptors (Lipinski definition) is 18. The molecule has 2 N–H and O–H groups in total.